The van der Waals surface area contributed by atoms with Crippen molar-refractivity contribution in [2.75, 3.05) is 18.9 Å². The SMILES string of the molecule is Cc1c(F)cc(N)cc1S(=O)(=O)N1CCCCC1CCO. The van der Waals surface area contributed by atoms with E-state index >= 15 is 0 Å². The molecule has 0 aromatic heterocycles. The van der Waals surface area contributed by atoms with Crippen LogP contribution in [-0.2, 0) is 10.0 Å². The minimum atomic E-state index is -3.81. The Morgan fingerprint density at radius 2 is 2.14 bits per heavy atom. The molecule has 1 atom stereocenters. The van der Waals surface area contributed by atoms with Crippen LogP contribution in [0.5, 0.6) is 0 Å². The van der Waals surface area contributed by atoms with Gasteiger partial charge in [0.25, 0.3) is 0 Å². The number of anilines is 1. The van der Waals surface area contributed by atoms with Crippen LogP contribution in [0.3, 0.4) is 0 Å². The maximum Gasteiger partial charge on any atom is 0.243 e. The predicted octanol–water partition coefficient (Wildman–Crippen LogP) is 1.64. The molecule has 7 heteroatoms. The molecule has 1 unspecified atom stereocenters. The van der Waals surface area contributed by atoms with Crippen molar-refractivity contribution in [3.63, 3.8) is 0 Å². The number of nitrogens with zero attached hydrogens (tertiary/aromatic N) is 1. The van der Waals surface area contributed by atoms with Gasteiger partial charge in [0.2, 0.25) is 10.0 Å². The first-order valence-electron chi connectivity index (χ1n) is 7.06. The van der Waals surface area contributed by atoms with E-state index < -0.39 is 15.8 Å². The zero-order valence-corrected chi connectivity index (χ0v) is 12.9. The number of aliphatic hydroxyl groups is 1. The Labute approximate surface area is 124 Å². The summed E-state index contributed by atoms with van der Waals surface area (Å²) >= 11 is 0. The number of aliphatic hydroxyl groups excluding tert-OH is 1. The standard InChI is InChI=1S/C14H21FN2O3S/c1-10-13(15)8-11(16)9-14(10)21(19,20)17-6-3-2-4-12(17)5-7-18/h8-9,12,18H,2-7,16H2,1H3. The fourth-order valence-corrected chi connectivity index (χ4v) is 4.79. The molecule has 3 N–H and O–H groups in total. The molecular formula is C14H21FN2O3S. The highest BCUT2D eigenvalue weighted by Gasteiger charge is 2.34. The smallest absolute Gasteiger partial charge is 0.243 e. The number of nitrogen functional groups attached to an aromatic ring is 1. The maximum atomic E-state index is 13.8. The van der Waals surface area contributed by atoms with Gasteiger partial charge in [-0.2, -0.15) is 4.31 Å². The molecule has 1 heterocycles. The molecule has 1 aliphatic heterocycles. The van der Waals surface area contributed by atoms with Gasteiger partial charge in [-0.1, -0.05) is 6.42 Å². The molecule has 1 fully saturated rings. The molecule has 0 radical (unpaired) electrons. The molecule has 1 aliphatic rings. The third-order valence-electron chi connectivity index (χ3n) is 3.94. The van der Waals surface area contributed by atoms with Crippen molar-refractivity contribution >= 4 is 15.7 Å². The lowest BCUT2D eigenvalue weighted by Crippen LogP contribution is -2.44. The molecule has 5 nitrogen and oxygen atoms in total. The molecule has 1 aromatic carbocycles. The summed E-state index contributed by atoms with van der Waals surface area (Å²) in [5, 5.41) is 9.11. The first kappa shape index (κ1) is 16.2. The van der Waals surface area contributed by atoms with Gasteiger partial charge in [0.15, 0.2) is 0 Å². The van der Waals surface area contributed by atoms with E-state index in [1.807, 2.05) is 0 Å². The Morgan fingerprint density at radius 3 is 2.81 bits per heavy atom. The first-order chi connectivity index (χ1) is 9.87. The summed E-state index contributed by atoms with van der Waals surface area (Å²) in [6.07, 6.45) is 2.80. The summed E-state index contributed by atoms with van der Waals surface area (Å²) in [6.45, 7) is 1.76. The van der Waals surface area contributed by atoms with E-state index in [0.717, 1.165) is 18.9 Å². The van der Waals surface area contributed by atoms with E-state index in [4.69, 9.17) is 10.8 Å². The van der Waals surface area contributed by atoms with Gasteiger partial charge in [0.05, 0.1) is 4.90 Å². The highest BCUT2D eigenvalue weighted by atomic mass is 32.2. The third-order valence-corrected chi connectivity index (χ3v) is 6.02. The Kier molecular flexibility index (Phi) is 4.85. The van der Waals surface area contributed by atoms with Gasteiger partial charge in [0, 0.05) is 30.4 Å². The average molecular weight is 316 g/mol. The van der Waals surface area contributed by atoms with Crippen LogP contribution >= 0.6 is 0 Å². The summed E-state index contributed by atoms with van der Waals surface area (Å²) in [5.74, 6) is -0.621. The predicted molar refractivity (Wildman–Crippen MR) is 78.8 cm³/mol. The number of hydrogen-bond donors (Lipinski definition) is 2. The second kappa shape index (κ2) is 6.29. The Hall–Kier alpha value is -1.18. The van der Waals surface area contributed by atoms with Gasteiger partial charge < -0.3 is 10.8 Å². The van der Waals surface area contributed by atoms with Gasteiger partial charge in [0.1, 0.15) is 5.82 Å². The molecule has 2 rings (SSSR count). The number of rotatable bonds is 4. The van der Waals surface area contributed by atoms with E-state index in [1.165, 1.54) is 17.3 Å². The summed E-state index contributed by atoms with van der Waals surface area (Å²) < 4.78 is 40.8. The van der Waals surface area contributed by atoms with Crippen molar-refractivity contribution in [2.45, 2.75) is 43.5 Å². The van der Waals surface area contributed by atoms with Crippen molar-refractivity contribution in [1.82, 2.24) is 4.31 Å². The highest BCUT2D eigenvalue weighted by Crippen LogP contribution is 2.30. The van der Waals surface area contributed by atoms with E-state index in [-0.39, 0.29) is 28.8 Å². The summed E-state index contributed by atoms with van der Waals surface area (Å²) in [5.41, 5.74) is 5.76. The van der Waals surface area contributed by atoms with Crippen molar-refractivity contribution < 1.29 is 17.9 Å². The third kappa shape index (κ3) is 3.20. The molecule has 118 valence electrons. The Balaban J connectivity index is 2.45. The Bertz CT molecular complexity index is 617. The summed E-state index contributed by atoms with van der Waals surface area (Å²) in [6, 6.07) is 2.19. The summed E-state index contributed by atoms with van der Waals surface area (Å²) in [4.78, 5) is -0.0789. The maximum absolute atomic E-state index is 13.8. The largest absolute Gasteiger partial charge is 0.399 e. The van der Waals surface area contributed by atoms with Crippen LogP contribution in [0.1, 0.15) is 31.2 Å². The zero-order chi connectivity index (χ0) is 15.6. The molecule has 0 spiro atoms. The van der Waals surface area contributed by atoms with Crippen LogP contribution in [0.4, 0.5) is 10.1 Å². The van der Waals surface area contributed by atoms with E-state index in [0.29, 0.717) is 19.4 Å². The number of piperidine rings is 1. The zero-order valence-electron chi connectivity index (χ0n) is 12.0. The number of benzene rings is 1. The number of halogens is 1. The van der Waals surface area contributed by atoms with Gasteiger partial charge in [-0.3, -0.25) is 0 Å². The van der Waals surface area contributed by atoms with Crippen LogP contribution in [-0.4, -0.2) is 37.0 Å². The van der Waals surface area contributed by atoms with Gasteiger partial charge in [-0.05, 0) is 38.3 Å². The fraction of sp³-hybridized carbons (Fsp3) is 0.571. The molecule has 0 saturated carbocycles. The van der Waals surface area contributed by atoms with Crippen LogP contribution in [0.2, 0.25) is 0 Å². The topological polar surface area (TPSA) is 83.6 Å². The lowest BCUT2D eigenvalue weighted by molar-refractivity contribution is 0.192. The van der Waals surface area contributed by atoms with Crippen molar-refractivity contribution in [3.05, 3.63) is 23.5 Å². The van der Waals surface area contributed by atoms with Crippen LogP contribution in [0, 0.1) is 12.7 Å². The number of sulfonamides is 1. The minimum absolute atomic E-state index is 0.0685. The van der Waals surface area contributed by atoms with Crippen LogP contribution in [0.15, 0.2) is 17.0 Å². The van der Waals surface area contributed by atoms with Gasteiger partial charge >= 0.3 is 0 Å². The van der Waals surface area contributed by atoms with Crippen molar-refractivity contribution in [1.29, 1.82) is 0 Å². The number of hydrogen-bond acceptors (Lipinski definition) is 4. The lowest BCUT2D eigenvalue weighted by Gasteiger charge is -2.34. The van der Waals surface area contributed by atoms with Gasteiger partial charge in [-0.25, -0.2) is 12.8 Å². The highest BCUT2D eigenvalue weighted by molar-refractivity contribution is 7.89. The Morgan fingerprint density at radius 1 is 1.43 bits per heavy atom. The molecule has 1 saturated heterocycles. The quantitative estimate of drug-likeness (QED) is 0.827. The number of nitrogens with two attached hydrogens (primary N) is 1. The van der Waals surface area contributed by atoms with Crippen LogP contribution in [0.25, 0.3) is 0 Å². The normalized spacial score (nSPS) is 20.6. The molecular weight excluding hydrogens is 295 g/mol. The van der Waals surface area contributed by atoms with Crippen molar-refractivity contribution in [2.24, 2.45) is 0 Å². The monoisotopic (exact) mass is 316 g/mol. The lowest BCUT2D eigenvalue weighted by atomic mass is 10.0. The molecule has 0 aliphatic carbocycles. The fourth-order valence-electron chi connectivity index (χ4n) is 2.80. The first-order valence-corrected chi connectivity index (χ1v) is 8.50. The van der Waals surface area contributed by atoms with E-state index in [9.17, 15) is 12.8 Å². The molecule has 1 aromatic rings. The average Bonchev–Trinajstić information content (AvgIpc) is 2.43. The second-order valence-electron chi connectivity index (χ2n) is 5.40. The van der Waals surface area contributed by atoms with E-state index in [2.05, 4.69) is 0 Å². The van der Waals surface area contributed by atoms with E-state index in [1.54, 1.807) is 0 Å². The van der Waals surface area contributed by atoms with Gasteiger partial charge in [-0.15, -0.1) is 0 Å². The molecule has 21 heavy (non-hydrogen) atoms. The summed E-state index contributed by atoms with van der Waals surface area (Å²) in [7, 11) is -3.81. The van der Waals surface area contributed by atoms with Crippen LogP contribution < -0.4 is 5.73 Å². The molecule has 0 bridgehead atoms. The minimum Gasteiger partial charge on any atom is -0.399 e. The van der Waals surface area contributed by atoms with Crippen molar-refractivity contribution in [3.8, 4) is 0 Å². The second-order valence-corrected chi connectivity index (χ2v) is 7.26. The molecule has 0 amide bonds.